The number of aromatic nitrogens is 2. The number of carbonyl (C=O) groups is 3. The fourth-order valence-corrected chi connectivity index (χ4v) is 7.06. The highest BCUT2D eigenvalue weighted by Gasteiger charge is 2.31. The van der Waals surface area contributed by atoms with Gasteiger partial charge in [-0.05, 0) is 87.0 Å². The summed E-state index contributed by atoms with van der Waals surface area (Å²) in [5.41, 5.74) is 8.40. The number of hydrogen-bond donors (Lipinski definition) is 4. The number of aliphatic imine (C=N–C) groups is 1. The van der Waals surface area contributed by atoms with Gasteiger partial charge in [0, 0.05) is 54.3 Å². The van der Waals surface area contributed by atoms with Crippen LogP contribution >= 0.6 is 0 Å². The molecule has 0 amide bonds. The highest BCUT2D eigenvalue weighted by molar-refractivity contribution is 6.24. The van der Waals surface area contributed by atoms with Crippen LogP contribution in [0.1, 0.15) is 91.8 Å². The zero-order valence-electron chi connectivity index (χ0n) is 28.4. The van der Waals surface area contributed by atoms with E-state index < -0.39 is 30.2 Å². The number of carboxylic acids is 3. The van der Waals surface area contributed by atoms with Crippen molar-refractivity contribution in [3.8, 4) is 0 Å². The first-order valence-electron chi connectivity index (χ1n) is 15.7. The lowest BCUT2D eigenvalue weighted by Gasteiger charge is -2.27. The molecule has 4 N–H and O–H groups in total. The van der Waals surface area contributed by atoms with Crippen LogP contribution in [-0.2, 0) is 23.7 Å². The Balaban J connectivity index is 2.26. The molecular weight excluding hydrogens is 596 g/mol. The molecule has 0 radical (unpaired) electrons. The molecule has 2 aromatic rings. The first kappa shape index (κ1) is 34.9. The summed E-state index contributed by atoms with van der Waals surface area (Å²) >= 11 is 0. The van der Waals surface area contributed by atoms with Crippen molar-refractivity contribution in [3.63, 3.8) is 0 Å². The van der Waals surface area contributed by atoms with Gasteiger partial charge in [-0.25, -0.2) is 9.79 Å². The zero-order valence-corrected chi connectivity index (χ0v) is 28.4. The predicted molar refractivity (Wildman–Crippen MR) is 186 cm³/mol. The number of nitrogens with one attached hydrogen (secondary N) is 1. The number of fused-ring (bicyclic) bond motifs is 5. The van der Waals surface area contributed by atoms with Gasteiger partial charge in [-0.15, -0.1) is 0 Å². The Labute approximate surface area is 274 Å². The SMILES string of the molecule is C=Cc1c(C)c2n(C)c1/C=C1\N=C(C=c3c(C)c(C(=O)O)/c(n3C)=C(\CC(=O)O)C(=N)[C@@H](CCC(=O)O)C(C)C(C)=C2)C(CC)=C1C. The quantitative estimate of drug-likeness (QED) is 0.298. The van der Waals surface area contributed by atoms with E-state index in [-0.39, 0.29) is 41.0 Å². The van der Waals surface area contributed by atoms with Crippen LogP contribution in [0.25, 0.3) is 29.9 Å². The topological polar surface area (TPSA) is 158 Å². The normalized spacial score (nSPS) is 20.6. The van der Waals surface area contributed by atoms with E-state index >= 15 is 0 Å². The molecular formula is C37H44N4O6. The number of allylic oxidation sites excluding steroid dienone is 3. The molecule has 47 heavy (non-hydrogen) atoms. The molecule has 10 nitrogen and oxygen atoms in total. The van der Waals surface area contributed by atoms with Crippen molar-refractivity contribution in [2.24, 2.45) is 30.9 Å². The van der Waals surface area contributed by atoms with Crippen LogP contribution in [0.4, 0.5) is 0 Å². The zero-order chi connectivity index (χ0) is 35.1. The van der Waals surface area contributed by atoms with Crippen molar-refractivity contribution in [1.29, 1.82) is 5.41 Å². The van der Waals surface area contributed by atoms with Gasteiger partial charge in [0.15, 0.2) is 0 Å². The molecule has 1 unspecified atom stereocenters. The molecule has 2 atom stereocenters. The fraction of sp³-hybridized carbons (Fsp3) is 0.378. The molecule has 4 heterocycles. The lowest BCUT2D eigenvalue weighted by Crippen LogP contribution is -2.34. The fourth-order valence-electron chi connectivity index (χ4n) is 7.06. The third-order valence-corrected chi connectivity index (χ3v) is 9.85. The molecule has 0 saturated carbocycles. The summed E-state index contributed by atoms with van der Waals surface area (Å²) in [7, 11) is 3.64. The molecule has 0 aliphatic carbocycles. The van der Waals surface area contributed by atoms with Crippen molar-refractivity contribution in [2.45, 2.75) is 67.2 Å². The van der Waals surface area contributed by atoms with E-state index in [9.17, 15) is 35.1 Å². The maximum Gasteiger partial charge on any atom is 0.338 e. The maximum absolute atomic E-state index is 12.8. The molecule has 2 aromatic heterocycles. The van der Waals surface area contributed by atoms with Crippen LogP contribution in [0.2, 0.25) is 0 Å². The van der Waals surface area contributed by atoms with Crippen LogP contribution in [0.3, 0.4) is 0 Å². The minimum atomic E-state index is -1.24. The Bertz CT molecular complexity index is 1990. The predicted octanol–water partition coefficient (Wildman–Crippen LogP) is 5.50. The van der Waals surface area contributed by atoms with E-state index in [2.05, 4.69) is 11.1 Å². The molecule has 2 aliphatic heterocycles. The van der Waals surface area contributed by atoms with E-state index in [1.807, 2.05) is 66.0 Å². The Morgan fingerprint density at radius 3 is 2.17 bits per heavy atom. The van der Waals surface area contributed by atoms with Crippen molar-refractivity contribution in [3.05, 3.63) is 73.3 Å². The molecule has 10 heteroatoms. The van der Waals surface area contributed by atoms with E-state index in [1.165, 1.54) is 0 Å². The highest BCUT2D eigenvalue weighted by Crippen LogP contribution is 2.35. The molecule has 0 fully saturated rings. The third-order valence-electron chi connectivity index (χ3n) is 9.85. The Kier molecular flexibility index (Phi) is 9.94. The van der Waals surface area contributed by atoms with Gasteiger partial charge in [-0.3, -0.25) is 9.59 Å². The maximum atomic E-state index is 12.8. The van der Waals surface area contributed by atoms with Crippen LogP contribution in [0.5, 0.6) is 0 Å². The van der Waals surface area contributed by atoms with Gasteiger partial charge in [-0.1, -0.05) is 32.1 Å². The molecule has 6 bridgehead atoms. The van der Waals surface area contributed by atoms with Crippen LogP contribution in [-0.4, -0.2) is 53.8 Å². The van der Waals surface area contributed by atoms with Crippen molar-refractivity contribution in [1.82, 2.24) is 9.13 Å². The molecule has 0 aromatic carbocycles. The number of aliphatic carboxylic acids is 2. The van der Waals surface area contributed by atoms with Crippen molar-refractivity contribution < 1.29 is 29.7 Å². The minimum absolute atomic E-state index is 0.0437. The largest absolute Gasteiger partial charge is 0.481 e. The lowest BCUT2D eigenvalue weighted by molar-refractivity contribution is -0.137. The minimum Gasteiger partial charge on any atom is -0.481 e. The number of rotatable bonds is 8. The molecule has 0 spiro atoms. The Morgan fingerprint density at radius 1 is 0.957 bits per heavy atom. The van der Waals surface area contributed by atoms with Gasteiger partial charge in [0.2, 0.25) is 0 Å². The first-order valence-corrected chi connectivity index (χ1v) is 15.7. The Hall–Kier alpha value is -4.99. The van der Waals surface area contributed by atoms with Gasteiger partial charge in [0.25, 0.3) is 0 Å². The second-order valence-electron chi connectivity index (χ2n) is 12.5. The number of aromatic carboxylic acids is 1. The second-order valence-corrected chi connectivity index (χ2v) is 12.5. The molecule has 0 saturated heterocycles. The average Bonchev–Trinajstić information content (AvgIpc) is 3.52. The second kappa shape index (κ2) is 13.4. The molecule has 2 aliphatic rings. The van der Waals surface area contributed by atoms with Crippen LogP contribution < -0.4 is 10.7 Å². The van der Waals surface area contributed by atoms with Gasteiger partial charge in [-0.2, -0.15) is 0 Å². The van der Waals surface area contributed by atoms with Gasteiger partial charge in [0.05, 0.1) is 34.4 Å². The number of hydrogen-bond acceptors (Lipinski definition) is 5. The van der Waals surface area contributed by atoms with Gasteiger partial charge in [0.1, 0.15) is 0 Å². The summed E-state index contributed by atoms with van der Waals surface area (Å²) in [6.07, 6.45) is 7.62. The Morgan fingerprint density at radius 2 is 1.62 bits per heavy atom. The van der Waals surface area contributed by atoms with Crippen LogP contribution in [0, 0.1) is 31.1 Å². The highest BCUT2D eigenvalue weighted by atomic mass is 16.4. The summed E-state index contributed by atoms with van der Waals surface area (Å²) in [5.74, 6) is -4.60. The van der Waals surface area contributed by atoms with Crippen molar-refractivity contribution >= 4 is 59.2 Å². The molecule has 248 valence electrons. The van der Waals surface area contributed by atoms with E-state index in [0.717, 1.165) is 44.9 Å². The summed E-state index contributed by atoms with van der Waals surface area (Å²) < 4.78 is 3.72. The van der Waals surface area contributed by atoms with E-state index in [1.54, 1.807) is 18.5 Å². The van der Waals surface area contributed by atoms with E-state index in [4.69, 9.17) is 4.99 Å². The van der Waals surface area contributed by atoms with Crippen LogP contribution in [0.15, 0.2) is 34.0 Å². The summed E-state index contributed by atoms with van der Waals surface area (Å²) in [5, 5.41) is 40.3. The number of nitrogens with zero attached hydrogens (tertiary/aromatic N) is 3. The third kappa shape index (κ3) is 6.24. The first-order chi connectivity index (χ1) is 22.0. The van der Waals surface area contributed by atoms with E-state index in [0.29, 0.717) is 23.0 Å². The average molecular weight is 641 g/mol. The summed E-state index contributed by atoms with van der Waals surface area (Å²) in [6, 6.07) is 0. The summed E-state index contributed by atoms with van der Waals surface area (Å²) in [6.45, 7) is 15.7. The van der Waals surface area contributed by atoms with Gasteiger partial charge < -0.3 is 29.9 Å². The smallest absolute Gasteiger partial charge is 0.338 e. The monoisotopic (exact) mass is 640 g/mol. The standard InChI is InChI=1S/C37H44N4O6/c1-10-23-20(5)27-16-31-24(11-2)21(6)29(40(31)8)14-18(3)19(4)25(12-13-32(42)43)35(38)26(15-33(44)45)36-34(37(46)47)22(7)30(41(36)9)17-28(23)39-27/h11,14,16-17,19,25,38H,2,10,12-13,15H2,1,3-9H3,(H,42,43)(H,44,45)(H,46,47)/b18-14?,27-16-,30-17?,36-26-,38-35?/t19?,25-/m0/s1. The lowest BCUT2D eigenvalue weighted by atomic mass is 9.78. The van der Waals surface area contributed by atoms with Crippen molar-refractivity contribution in [2.75, 3.05) is 0 Å². The molecule has 4 rings (SSSR count). The summed E-state index contributed by atoms with van der Waals surface area (Å²) in [4.78, 5) is 42.0. The van der Waals surface area contributed by atoms with Gasteiger partial charge >= 0.3 is 17.9 Å². The number of carboxylic acid groups (broad SMARTS) is 3.